The van der Waals surface area contributed by atoms with Crippen LogP contribution in [0.1, 0.15) is 5.69 Å². The largest absolute Gasteiger partial charge is 0.434 e. The number of nitrogens with zero attached hydrogens (tertiary/aromatic N) is 3. The van der Waals surface area contributed by atoms with Gasteiger partial charge in [0, 0.05) is 23.8 Å². The lowest BCUT2D eigenvalue weighted by atomic mass is 10.3. The normalized spacial score (nSPS) is 12.5. The lowest BCUT2D eigenvalue weighted by Gasteiger charge is -2.03. The third kappa shape index (κ3) is 2.06. The van der Waals surface area contributed by atoms with E-state index in [1.165, 1.54) is 16.7 Å². The minimum absolute atomic E-state index is 0.182. The number of halogens is 5. The number of pyridine rings is 2. The molecule has 19 heavy (non-hydrogen) atoms. The molecule has 0 aliphatic rings. The SMILES string of the molecule is FC(F)(F)c1cn2c(n1)c(Br)cc1cnc(Cl)cc12. The van der Waals surface area contributed by atoms with Crippen molar-refractivity contribution in [1.29, 1.82) is 0 Å². The van der Waals surface area contributed by atoms with E-state index in [0.717, 1.165) is 6.20 Å². The minimum atomic E-state index is -4.49. The number of fused-ring (bicyclic) bond motifs is 3. The zero-order valence-corrected chi connectivity index (χ0v) is 11.4. The van der Waals surface area contributed by atoms with Crippen molar-refractivity contribution in [2.75, 3.05) is 0 Å². The first-order valence-electron chi connectivity index (χ1n) is 5.06. The predicted octanol–water partition coefficient (Wildman–Crippen LogP) is 4.32. The summed E-state index contributed by atoms with van der Waals surface area (Å²) in [5, 5.41) is 0.869. The Balaban J connectivity index is 2.45. The first-order valence-corrected chi connectivity index (χ1v) is 6.23. The van der Waals surface area contributed by atoms with Crippen molar-refractivity contribution >= 4 is 44.1 Å². The van der Waals surface area contributed by atoms with E-state index in [0.29, 0.717) is 15.4 Å². The molecule has 0 saturated heterocycles. The van der Waals surface area contributed by atoms with Crippen molar-refractivity contribution < 1.29 is 13.2 Å². The molecule has 0 aliphatic carbocycles. The lowest BCUT2D eigenvalue weighted by Crippen LogP contribution is -2.04. The number of hydrogen-bond acceptors (Lipinski definition) is 2. The Kier molecular flexibility index (Phi) is 2.72. The Morgan fingerprint density at radius 2 is 2.00 bits per heavy atom. The first-order chi connectivity index (χ1) is 8.86. The highest BCUT2D eigenvalue weighted by Gasteiger charge is 2.34. The van der Waals surface area contributed by atoms with Crippen molar-refractivity contribution in [2.45, 2.75) is 6.18 Å². The van der Waals surface area contributed by atoms with Gasteiger partial charge < -0.3 is 0 Å². The molecule has 0 aromatic carbocycles. The van der Waals surface area contributed by atoms with Gasteiger partial charge in [0.05, 0.1) is 9.99 Å². The maximum absolute atomic E-state index is 12.7. The van der Waals surface area contributed by atoms with Gasteiger partial charge in [-0.3, -0.25) is 4.40 Å². The van der Waals surface area contributed by atoms with Crippen LogP contribution in [0.15, 0.2) is 29.0 Å². The summed E-state index contributed by atoms with van der Waals surface area (Å²) in [5.41, 5.74) is -0.253. The van der Waals surface area contributed by atoms with Gasteiger partial charge in [-0.2, -0.15) is 13.2 Å². The van der Waals surface area contributed by atoms with E-state index in [1.807, 2.05) is 0 Å². The van der Waals surface area contributed by atoms with E-state index in [-0.39, 0.29) is 10.8 Å². The standard InChI is InChI=1S/C11H4BrClF3N3/c12-6-1-5-3-17-9(13)2-7(5)19-4-8(11(14,15)16)18-10(6)19/h1-4H. The molecule has 98 valence electrons. The van der Waals surface area contributed by atoms with Gasteiger partial charge in [-0.05, 0) is 22.0 Å². The van der Waals surface area contributed by atoms with Crippen LogP contribution in [0.25, 0.3) is 16.6 Å². The summed E-state index contributed by atoms with van der Waals surface area (Å²) in [7, 11) is 0. The van der Waals surface area contributed by atoms with Gasteiger partial charge in [-0.1, -0.05) is 11.6 Å². The van der Waals surface area contributed by atoms with E-state index in [2.05, 4.69) is 25.9 Å². The molecule has 0 atom stereocenters. The van der Waals surface area contributed by atoms with Crippen LogP contribution in [0.2, 0.25) is 5.15 Å². The Hall–Kier alpha value is -1.34. The second-order valence-corrected chi connectivity index (χ2v) is 5.12. The zero-order chi connectivity index (χ0) is 13.8. The third-order valence-corrected chi connectivity index (χ3v) is 3.42. The number of alkyl halides is 3. The summed E-state index contributed by atoms with van der Waals surface area (Å²) in [6, 6.07) is 3.15. The summed E-state index contributed by atoms with van der Waals surface area (Å²) in [6.07, 6.45) is -2.05. The highest BCUT2D eigenvalue weighted by molar-refractivity contribution is 9.10. The van der Waals surface area contributed by atoms with Gasteiger partial charge >= 0.3 is 6.18 Å². The molecule has 0 radical (unpaired) electrons. The predicted molar refractivity (Wildman–Crippen MR) is 68.2 cm³/mol. The van der Waals surface area contributed by atoms with Gasteiger partial charge in [0.2, 0.25) is 0 Å². The van der Waals surface area contributed by atoms with Crippen molar-refractivity contribution in [2.24, 2.45) is 0 Å². The van der Waals surface area contributed by atoms with Gasteiger partial charge in [0.25, 0.3) is 0 Å². The summed E-state index contributed by atoms with van der Waals surface area (Å²) >= 11 is 8.98. The summed E-state index contributed by atoms with van der Waals surface area (Å²) in [6.45, 7) is 0. The smallest absolute Gasteiger partial charge is 0.298 e. The number of rotatable bonds is 0. The van der Waals surface area contributed by atoms with Crippen molar-refractivity contribution in [1.82, 2.24) is 14.4 Å². The van der Waals surface area contributed by atoms with E-state index in [4.69, 9.17) is 11.6 Å². The second-order valence-electron chi connectivity index (χ2n) is 3.88. The molecular formula is C11H4BrClF3N3. The molecule has 0 spiro atoms. The summed E-state index contributed by atoms with van der Waals surface area (Å²) in [5.74, 6) is 0. The van der Waals surface area contributed by atoms with Crippen LogP contribution in [0.5, 0.6) is 0 Å². The maximum atomic E-state index is 12.7. The molecule has 0 saturated carbocycles. The molecular weight excluding hydrogens is 346 g/mol. The summed E-state index contributed by atoms with van der Waals surface area (Å²) in [4.78, 5) is 7.49. The van der Waals surface area contributed by atoms with Crippen LogP contribution in [-0.4, -0.2) is 14.4 Å². The second kappa shape index (κ2) is 4.08. The molecule has 0 aliphatic heterocycles. The minimum Gasteiger partial charge on any atom is -0.298 e. The Morgan fingerprint density at radius 1 is 1.26 bits per heavy atom. The molecule has 0 amide bonds. The van der Waals surface area contributed by atoms with Crippen LogP contribution >= 0.6 is 27.5 Å². The quantitative estimate of drug-likeness (QED) is 0.565. The number of hydrogen-bond donors (Lipinski definition) is 0. The van der Waals surface area contributed by atoms with E-state index < -0.39 is 11.9 Å². The van der Waals surface area contributed by atoms with Gasteiger partial charge in [0.1, 0.15) is 5.15 Å². The fourth-order valence-electron chi connectivity index (χ4n) is 1.82. The monoisotopic (exact) mass is 349 g/mol. The molecule has 3 aromatic rings. The van der Waals surface area contributed by atoms with Gasteiger partial charge in [-0.25, -0.2) is 9.97 Å². The fourth-order valence-corrected chi connectivity index (χ4v) is 2.50. The van der Waals surface area contributed by atoms with Crippen molar-refractivity contribution in [3.8, 4) is 0 Å². The lowest BCUT2D eigenvalue weighted by molar-refractivity contribution is -0.140. The number of aromatic nitrogens is 3. The van der Waals surface area contributed by atoms with Crippen LogP contribution in [0.3, 0.4) is 0 Å². The molecule has 3 aromatic heterocycles. The highest BCUT2D eigenvalue weighted by Crippen LogP contribution is 2.32. The Morgan fingerprint density at radius 3 is 2.68 bits per heavy atom. The van der Waals surface area contributed by atoms with E-state index in [9.17, 15) is 13.2 Å². The fraction of sp³-hybridized carbons (Fsp3) is 0.0909. The van der Waals surface area contributed by atoms with Crippen LogP contribution < -0.4 is 0 Å². The Labute approximate surface area is 118 Å². The molecule has 8 heteroatoms. The molecule has 0 unspecified atom stereocenters. The van der Waals surface area contributed by atoms with Gasteiger partial charge in [-0.15, -0.1) is 0 Å². The van der Waals surface area contributed by atoms with Crippen LogP contribution in [-0.2, 0) is 6.18 Å². The van der Waals surface area contributed by atoms with E-state index >= 15 is 0 Å². The average Bonchev–Trinajstić information content (AvgIpc) is 2.76. The third-order valence-electron chi connectivity index (χ3n) is 2.63. The summed E-state index contributed by atoms with van der Waals surface area (Å²) < 4.78 is 39.9. The van der Waals surface area contributed by atoms with Crippen LogP contribution in [0.4, 0.5) is 13.2 Å². The molecule has 3 nitrogen and oxygen atoms in total. The molecule has 0 bridgehead atoms. The first kappa shape index (κ1) is 12.7. The van der Waals surface area contributed by atoms with E-state index in [1.54, 1.807) is 6.07 Å². The topological polar surface area (TPSA) is 30.2 Å². The van der Waals surface area contributed by atoms with Gasteiger partial charge in [0.15, 0.2) is 11.3 Å². The highest BCUT2D eigenvalue weighted by atomic mass is 79.9. The zero-order valence-electron chi connectivity index (χ0n) is 9.04. The maximum Gasteiger partial charge on any atom is 0.434 e. The van der Waals surface area contributed by atoms with Crippen LogP contribution in [0, 0.1) is 0 Å². The molecule has 3 heterocycles. The molecule has 0 N–H and O–H groups in total. The average molecular weight is 351 g/mol. The number of imidazole rings is 1. The Bertz CT molecular complexity index is 797. The van der Waals surface area contributed by atoms with Crippen molar-refractivity contribution in [3.63, 3.8) is 0 Å². The molecule has 3 rings (SSSR count). The molecule has 0 fully saturated rings. The van der Waals surface area contributed by atoms with Crippen molar-refractivity contribution in [3.05, 3.63) is 39.8 Å².